The third-order valence-corrected chi connectivity index (χ3v) is 2.20. The van der Waals surface area contributed by atoms with E-state index in [-0.39, 0.29) is 0 Å². The van der Waals surface area contributed by atoms with Gasteiger partial charge in [-0.1, -0.05) is 38.5 Å². The van der Waals surface area contributed by atoms with E-state index in [1.807, 2.05) is 0 Å². The molecule has 0 aromatic rings. The van der Waals surface area contributed by atoms with Gasteiger partial charge in [-0.15, -0.1) is 0 Å². The standard InChI is InChI=1S/C13H22O3/c1-3-5-6-7-8-9-12(14)10-11-13(15)16-4-2/h12,14H,3-9H2,1-2H3. The first-order valence-electron chi connectivity index (χ1n) is 6.07. The van der Waals surface area contributed by atoms with Gasteiger partial charge in [0.05, 0.1) is 6.61 Å². The van der Waals surface area contributed by atoms with E-state index in [0.29, 0.717) is 13.0 Å². The number of rotatable bonds is 7. The molecule has 1 unspecified atom stereocenters. The first kappa shape index (κ1) is 15.0. The molecule has 3 heteroatoms. The average Bonchev–Trinajstić information content (AvgIpc) is 2.26. The van der Waals surface area contributed by atoms with E-state index in [1.165, 1.54) is 19.3 Å². The molecule has 0 aromatic carbocycles. The van der Waals surface area contributed by atoms with Crippen LogP contribution in [0.5, 0.6) is 0 Å². The Kier molecular flexibility index (Phi) is 9.84. The lowest BCUT2D eigenvalue weighted by Gasteiger charge is -2.02. The van der Waals surface area contributed by atoms with Crippen LogP contribution in [0.4, 0.5) is 0 Å². The second kappa shape index (κ2) is 10.5. The van der Waals surface area contributed by atoms with Crippen molar-refractivity contribution in [2.24, 2.45) is 0 Å². The van der Waals surface area contributed by atoms with Crippen LogP contribution >= 0.6 is 0 Å². The van der Waals surface area contributed by atoms with E-state index in [4.69, 9.17) is 0 Å². The zero-order valence-electron chi connectivity index (χ0n) is 10.3. The zero-order chi connectivity index (χ0) is 12.2. The van der Waals surface area contributed by atoms with Gasteiger partial charge in [-0.2, -0.15) is 0 Å². The summed E-state index contributed by atoms with van der Waals surface area (Å²) in [7, 11) is 0. The number of aliphatic hydroxyl groups is 1. The van der Waals surface area contributed by atoms with E-state index >= 15 is 0 Å². The van der Waals surface area contributed by atoms with Gasteiger partial charge in [-0.05, 0) is 19.8 Å². The van der Waals surface area contributed by atoms with Crippen molar-refractivity contribution in [1.29, 1.82) is 0 Å². The van der Waals surface area contributed by atoms with Crippen molar-refractivity contribution >= 4 is 5.97 Å². The van der Waals surface area contributed by atoms with Crippen LogP contribution in [0.1, 0.15) is 52.4 Å². The fourth-order valence-corrected chi connectivity index (χ4v) is 1.32. The average molecular weight is 226 g/mol. The van der Waals surface area contributed by atoms with Crippen molar-refractivity contribution in [3.63, 3.8) is 0 Å². The predicted octanol–water partition coefficient (Wildman–Crippen LogP) is 2.27. The van der Waals surface area contributed by atoms with Crippen LogP contribution in [-0.4, -0.2) is 23.8 Å². The van der Waals surface area contributed by atoms with Gasteiger partial charge >= 0.3 is 5.97 Å². The highest BCUT2D eigenvalue weighted by Crippen LogP contribution is 2.06. The minimum Gasteiger partial charge on any atom is -0.456 e. The van der Waals surface area contributed by atoms with Crippen LogP contribution in [0.3, 0.4) is 0 Å². The monoisotopic (exact) mass is 226 g/mol. The topological polar surface area (TPSA) is 46.5 Å². The number of aliphatic hydroxyl groups excluding tert-OH is 1. The molecule has 0 bridgehead atoms. The molecular weight excluding hydrogens is 204 g/mol. The van der Waals surface area contributed by atoms with Crippen molar-refractivity contribution in [3.05, 3.63) is 0 Å². The molecule has 0 aliphatic rings. The maximum atomic E-state index is 10.9. The van der Waals surface area contributed by atoms with E-state index in [0.717, 1.165) is 12.8 Å². The lowest BCUT2D eigenvalue weighted by molar-refractivity contribution is -0.136. The maximum absolute atomic E-state index is 10.9. The van der Waals surface area contributed by atoms with E-state index < -0.39 is 12.1 Å². The highest BCUT2D eigenvalue weighted by molar-refractivity contribution is 5.88. The Morgan fingerprint density at radius 2 is 1.94 bits per heavy atom. The van der Waals surface area contributed by atoms with Crippen LogP contribution in [0.15, 0.2) is 0 Å². The van der Waals surface area contributed by atoms with Crippen molar-refractivity contribution in [2.45, 2.75) is 58.5 Å². The normalized spacial score (nSPS) is 11.4. The fourth-order valence-electron chi connectivity index (χ4n) is 1.32. The van der Waals surface area contributed by atoms with Gasteiger partial charge < -0.3 is 9.84 Å². The maximum Gasteiger partial charge on any atom is 0.384 e. The number of unbranched alkanes of at least 4 members (excludes halogenated alkanes) is 4. The number of esters is 1. The largest absolute Gasteiger partial charge is 0.456 e. The summed E-state index contributed by atoms with van der Waals surface area (Å²) in [5.41, 5.74) is 0. The van der Waals surface area contributed by atoms with Gasteiger partial charge in [0.15, 0.2) is 0 Å². The number of carbonyl (C=O) groups excluding carboxylic acids is 1. The third-order valence-electron chi connectivity index (χ3n) is 2.20. The summed E-state index contributed by atoms with van der Waals surface area (Å²) >= 11 is 0. The summed E-state index contributed by atoms with van der Waals surface area (Å²) in [6.45, 7) is 4.21. The lowest BCUT2D eigenvalue weighted by atomic mass is 10.1. The van der Waals surface area contributed by atoms with Crippen molar-refractivity contribution in [3.8, 4) is 11.8 Å². The molecule has 0 spiro atoms. The third kappa shape index (κ3) is 9.54. The number of carbonyl (C=O) groups is 1. The molecule has 0 saturated heterocycles. The van der Waals surface area contributed by atoms with Crippen molar-refractivity contribution < 1.29 is 14.6 Å². The summed E-state index contributed by atoms with van der Waals surface area (Å²) < 4.78 is 4.63. The minimum absolute atomic E-state index is 0.320. The lowest BCUT2D eigenvalue weighted by Crippen LogP contribution is -2.05. The summed E-state index contributed by atoms with van der Waals surface area (Å²) in [4.78, 5) is 10.9. The van der Waals surface area contributed by atoms with Gasteiger partial charge in [-0.25, -0.2) is 4.79 Å². The smallest absolute Gasteiger partial charge is 0.384 e. The molecule has 0 aromatic heterocycles. The highest BCUT2D eigenvalue weighted by Gasteiger charge is 2.00. The summed E-state index contributed by atoms with van der Waals surface area (Å²) in [6, 6.07) is 0. The Hall–Kier alpha value is -1.01. The highest BCUT2D eigenvalue weighted by atomic mass is 16.5. The Balaban J connectivity index is 3.56. The number of hydrogen-bond donors (Lipinski definition) is 1. The van der Waals surface area contributed by atoms with Gasteiger partial charge in [0.25, 0.3) is 0 Å². The van der Waals surface area contributed by atoms with Gasteiger partial charge in [0.1, 0.15) is 6.10 Å². The van der Waals surface area contributed by atoms with Crippen molar-refractivity contribution in [1.82, 2.24) is 0 Å². The fraction of sp³-hybridized carbons (Fsp3) is 0.769. The molecule has 0 fully saturated rings. The molecule has 0 aliphatic heterocycles. The Bertz CT molecular complexity index is 237. The number of hydrogen-bond acceptors (Lipinski definition) is 3. The second-order valence-corrected chi connectivity index (χ2v) is 3.71. The summed E-state index contributed by atoms with van der Waals surface area (Å²) in [5, 5.41) is 9.44. The first-order valence-corrected chi connectivity index (χ1v) is 6.07. The Labute approximate surface area is 98.2 Å². The van der Waals surface area contributed by atoms with Crippen LogP contribution in [0.25, 0.3) is 0 Å². The zero-order valence-corrected chi connectivity index (χ0v) is 10.3. The molecule has 0 radical (unpaired) electrons. The van der Waals surface area contributed by atoms with Gasteiger partial charge in [0.2, 0.25) is 0 Å². The molecule has 0 rings (SSSR count). The van der Waals surface area contributed by atoms with E-state index in [2.05, 4.69) is 23.5 Å². The second-order valence-electron chi connectivity index (χ2n) is 3.71. The van der Waals surface area contributed by atoms with Gasteiger partial charge in [0, 0.05) is 5.92 Å². The molecule has 1 N–H and O–H groups in total. The summed E-state index contributed by atoms with van der Waals surface area (Å²) in [5.74, 6) is 4.20. The van der Waals surface area contributed by atoms with E-state index in [9.17, 15) is 9.90 Å². The minimum atomic E-state index is -0.703. The molecule has 3 nitrogen and oxygen atoms in total. The van der Waals surface area contributed by atoms with Crippen LogP contribution in [0, 0.1) is 11.8 Å². The molecular formula is C13H22O3. The Morgan fingerprint density at radius 3 is 2.56 bits per heavy atom. The molecule has 0 aliphatic carbocycles. The van der Waals surface area contributed by atoms with Crippen LogP contribution in [0.2, 0.25) is 0 Å². The van der Waals surface area contributed by atoms with Crippen LogP contribution in [-0.2, 0) is 9.53 Å². The van der Waals surface area contributed by atoms with E-state index in [1.54, 1.807) is 6.92 Å². The number of ether oxygens (including phenoxy) is 1. The summed E-state index contributed by atoms with van der Waals surface area (Å²) in [6.07, 6.45) is 5.66. The molecule has 92 valence electrons. The molecule has 0 heterocycles. The van der Waals surface area contributed by atoms with Gasteiger partial charge in [-0.3, -0.25) is 0 Å². The van der Waals surface area contributed by atoms with Crippen molar-refractivity contribution in [2.75, 3.05) is 6.61 Å². The molecule has 16 heavy (non-hydrogen) atoms. The quantitative estimate of drug-likeness (QED) is 0.313. The molecule has 1 atom stereocenters. The molecule has 0 amide bonds. The predicted molar refractivity (Wildman–Crippen MR) is 63.8 cm³/mol. The SMILES string of the molecule is CCCCCCCC(O)C#CC(=O)OCC. The molecule has 0 saturated carbocycles. The van der Waals surface area contributed by atoms with Crippen LogP contribution < -0.4 is 0 Å². The Morgan fingerprint density at radius 1 is 1.25 bits per heavy atom. The first-order chi connectivity index (χ1) is 7.70.